The van der Waals surface area contributed by atoms with E-state index in [1.807, 2.05) is 23.7 Å². The number of phenols is 1. The fourth-order valence-corrected chi connectivity index (χ4v) is 2.49. The molecule has 0 aliphatic rings. The number of nitrogens with two attached hydrogens (primary N) is 1. The Morgan fingerprint density at radius 3 is 2.67 bits per heavy atom. The van der Waals surface area contributed by atoms with Crippen LogP contribution in [0.5, 0.6) is 5.75 Å². The van der Waals surface area contributed by atoms with Crippen LogP contribution in [-0.4, -0.2) is 14.7 Å². The van der Waals surface area contributed by atoms with Crippen molar-refractivity contribution in [2.45, 2.75) is 12.5 Å². The number of benzene rings is 2. The second kappa shape index (κ2) is 5.18. The minimum atomic E-state index is -0.296. The lowest BCUT2D eigenvalue weighted by Gasteiger charge is -2.12. The van der Waals surface area contributed by atoms with E-state index in [-0.39, 0.29) is 17.6 Å². The van der Waals surface area contributed by atoms with Crippen LogP contribution in [0.25, 0.3) is 11.0 Å². The molecule has 0 saturated carbocycles. The van der Waals surface area contributed by atoms with Crippen LogP contribution in [-0.2, 0) is 13.5 Å². The molecular formula is C16H16FN3O. The van der Waals surface area contributed by atoms with Crippen LogP contribution < -0.4 is 5.73 Å². The maximum atomic E-state index is 13.3. The van der Waals surface area contributed by atoms with Crippen molar-refractivity contribution in [2.24, 2.45) is 12.8 Å². The number of aromatic nitrogens is 2. The molecule has 2 aromatic carbocycles. The molecule has 1 aromatic heterocycles. The van der Waals surface area contributed by atoms with Gasteiger partial charge in [-0.25, -0.2) is 9.37 Å². The first-order valence-corrected chi connectivity index (χ1v) is 6.70. The highest BCUT2D eigenvalue weighted by Crippen LogP contribution is 2.22. The number of aromatic hydroxyl groups is 1. The summed E-state index contributed by atoms with van der Waals surface area (Å²) in [4.78, 5) is 4.49. The quantitative estimate of drug-likeness (QED) is 0.777. The van der Waals surface area contributed by atoms with Gasteiger partial charge < -0.3 is 15.4 Å². The average molecular weight is 285 g/mol. The fraction of sp³-hybridized carbons (Fsp3) is 0.188. The predicted molar refractivity (Wildman–Crippen MR) is 79.4 cm³/mol. The second-order valence-electron chi connectivity index (χ2n) is 5.14. The van der Waals surface area contributed by atoms with E-state index in [1.165, 1.54) is 12.1 Å². The SMILES string of the molecule is Cn1c(C(N)Cc2ccc(O)cc2)nc2ccc(F)cc21. The summed E-state index contributed by atoms with van der Waals surface area (Å²) in [5.74, 6) is 0.651. The van der Waals surface area contributed by atoms with Crippen LogP contribution in [0.15, 0.2) is 42.5 Å². The number of hydrogen-bond donors (Lipinski definition) is 2. The number of nitrogens with zero attached hydrogens (tertiary/aromatic N) is 2. The highest BCUT2D eigenvalue weighted by molar-refractivity contribution is 5.76. The lowest BCUT2D eigenvalue weighted by molar-refractivity contribution is 0.475. The summed E-state index contributed by atoms with van der Waals surface area (Å²) < 4.78 is 15.1. The van der Waals surface area contributed by atoms with E-state index in [1.54, 1.807) is 18.2 Å². The number of fused-ring (bicyclic) bond motifs is 1. The molecular weight excluding hydrogens is 269 g/mol. The summed E-state index contributed by atoms with van der Waals surface area (Å²) in [5.41, 5.74) is 8.70. The molecule has 3 aromatic rings. The van der Waals surface area contributed by atoms with Crippen molar-refractivity contribution in [3.05, 3.63) is 59.7 Å². The van der Waals surface area contributed by atoms with Crippen LogP contribution in [0, 0.1) is 5.82 Å². The maximum absolute atomic E-state index is 13.3. The summed E-state index contributed by atoms with van der Waals surface area (Å²) in [5, 5.41) is 9.29. The van der Waals surface area contributed by atoms with Gasteiger partial charge in [-0.3, -0.25) is 0 Å². The molecule has 0 fully saturated rings. The third-order valence-corrected chi connectivity index (χ3v) is 3.60. The lowest BCUT2D eigenvalue weighted by Crippen LogP contribution is -2.17. The highest BCUT2D eigenvalue weighted by atomic mass is 19.1. The number of halogens is 1. The molecule has 3 N–H and O–H groups in total. The molecule has 0 radical (unpaired) electrons. The van der Waals surface area contributed by atoms with Gasteiger partial charge in [0.2, 0.25) is 0 Å². The van der Waals surface area contributed by atoms with Crippen molar-refractivity contribution in [1.29, 1.82) is 0 Å². The molecule has 0 amide bonds. The Morgan fingerprint density at radius 1 is 1.24 bits per heavy atom. The van der Waals surface area contributed by atoms with Gasteiger partial charge in [0.05, 0.1) is 17.1 Å². The standard InChI is InChI=1S/C16H16FN3O/c1-20-15-9-11(17)4-7-14(15)19-16(20)13(18)8-10-2-5-12(21)6-3-10/h2-7,9,13,21H,8,18H2,1H3. The third-order valence-electron chi connectivity index (χ3n) is 3.60. The van der Waals surface area contributed by atoms with Gasteiger partial charge in [-0.15, -0.1) is 0 Å². The summed E-state index contributed by atoms with van der Waals surface area (Å²) in [6, 6.07) is 11.1. The van der Waals surface area contributed by atoms with Crippen LogP contribution in [0.3, 0.4) is 0 Å². The van der Waals surface area contributed by atoms with E-state index in [9.17, 15) is 9.50 Å². The zero-order chi connectivity index (χ0) is 15.0. The van der Waals surface area contributed by atoms with Crippen LogP contribution >= 0.6 is 0 Å². The molecule has 21 heavy (non-hydrogen) atoms. The molecule has 108 valence electrons. The zero-order valence-corrected chi connectivity index (χ0v) is 11.6. The van der Waals surface area contributed by atoms with Gasteiger partial charge in [-0.2, -0.15) is 0 Å². The molecule has 1 unspecified atom stereocenters. The largest absolute Gasteiger partial charge is 0.508 e. The molecule has 5 heteroatoms. The number of aryl methyl sites for hydroxylation is 1. The molecule has 0 saturated heterocycles. The first-order valence-electron chi connectivity index (χ1n) is 6.70. The number of hydrogen-bond acceptors (Lipinski definition) is 3. The first-order chi connectivity index (χ1) is 10.0. The van der Waals surface area contributed by atoms with Gasteiger partial charge in [0, 0.05) is 7.05 Å². The van der Waals surface area contributed by atoms with E-state index in [0.29, 0.717) is 12.2 Å². The molecule has 0 aliphatic carbocycles. The Morgan fingerprint density at radius 2 is 1.95 bits per heavy atom. The van der Waals surface area contributed by atoms with Crippen molar-refractivity contribution in [1.82, 2.24) is 9.55 Å². The van der Waals surface area contributed by atoms with Gasteiger partial charge in [0.1, 0.15) is 17.4 Å². The van der Waals surface area contributed by atoms with Crippen LogP contribution in [0.4, 0.5) is 4.39 Å². The number of phenolic OH excluding ortho intramolecular Hbond substituents is 1. The summed E-state index contributed by atoms with van der Waals surface area (Å²) in [6.45, 7) is 0. The third kappa shape index (κ3) is 2.60. The number of imidazole rings is 1. The van der Waals surface area contributed by atoms with Crippen LogP contribution in [0.1, 0.15) is 17.4 Å². The van der Waals surface area contributed by atoms with E-state index >= 15 is 0 Å². The summed E-state index contributed by atoms with van der Waals surface area (Å²) in [7, 11) is 1.83. The van der Waals surface area contributed by atoms with Gasteiger partial charge in [-0.1, -0.05) is 12.1 Å². The van der Waals surface area contributed by atoms with Gasteiger partial charge in [0.25, 0.3) is 0 Å². The van der Waals surface area contributed by atoms with Crippen molar-refractivity contribution >= 4 is 11.0 Å². The number of rotatable bonds is 3. The summed E-state index contributed by atoms with van der Waals surface area (Å²) >= 11 is 0. The Bertz CT molecular complexity index is 780. The van der Waals surface area contributed by atoms with E-state index in [0.717, 1.165) is 16.6 Å². The topological polar surface area (TPSA) is 64.1 Å². The monoisotopic (exact) mass is 285 g/mol. The molecule has 0 aliphatic heterocycles. The Balaban J connectivity index is 1.92. The minimum absolute atomic E-state index is 0.227. The molecule has 4 nitrogen and oxygen atoms in total. The van der Waals surface area contributed by atoms with E-state index in [2.05, 4.69) is 4.98 Å². The molecule has 1 heterocycles. The zero-order valence-electron chi connectivity index (χ0n) is 11.6. The molecule has 0 bridgehead atoms. The first kappa shape index (κ1) is 13.6. The van der Waals surface area contributed by atoms with Crippen molar-refractivity contribution in [2.75, 3.05) is 0 Å². The second-order valence-corrected chi connectivity index (χ2v) is 5.14. The smallest absolute Gasteiger partial charge is 0.126 e. The summed E-state index contributed by atoms with van der Waals surface area (Å²) in [6.07, 6.45) is 0.597. The van der Waals surface area contributed by atoms with E-state index in [4.69, 9.17) is 5.73 Å². The normalized spacial score (nSPS) is 12.7. The molecule has 0 spiro atoms. The average Bonchev–Trinajstić information content (AvgIpc) is 2.79. The molecule has 1 atom stereocenters. The Labute approximate surface area is 121 Å². The van der Waals surface area contributed by atoms with Gasteiger partial charge in [0.15, 0.2) is 0 Å². The predicted octanol–water partition coefficient (Wildman–Crippen LogP) is 2.66. The molecule has 3 rings (SSSR count). The fourth-order valence-electron chi connectivity index (χ4n) is 2.49. The Hall–Kier alpha value is -2.40. The Kier molecular flexibility index (Phi) is 3.35. The highest BCUT2D eigenvalue weighted by Gasteiger charge is 2.16. The van der Waals surface area contributed by atoms with Crippen molar-refractivity contribution in [3.8, 4) is 5.75 Å². The maximum Gasteiger partial charge on any atom is 0.126 e. The van der Waals surface area contributed by atoms with Crippen molar-refractivity contribution < 1.29 is 9.50 Å². The minimum Gasteiger partial charge on any atom is -0.508 e. The van der Waals surface area contributed by atoms with Crippen molar-refractivity contribution in [3.63, 3.8) is 0 Å². The van der Waals surface area contributed by atoms with E-state index < -0.39 is 0 Å². The van der Waals surface area contributed by atoms with Gasteiger partial charge in [-0.05, 0) is 42.3 Å². The lowest BCUT2D eigenvalue weighted by atomic mass is 10.1. The van der Waals surface area contributed by atoms with Crippen LogP contribution in [0.2, 0.25) is 0 Å². The van der Waals surface area contributed by atoms with Gasteiger partial charge >= 0.3 is 0 Å².